The maximum atomic E-state index is 5.76. The lowest BCUT2D eigenvalue weighted by atomic mass is 10.2. The van der Waals surface area contributed by atoms with Crippen LogP contribution in [0, 0.1) is 6.92 Å². The predicted molar refractivity (Wildman–Crippen MR) is 60.4 cm³/mol. The number of aryl methyl sites for hydroxylation is 1. The van der Waals surface area contributed by atoms with Gasteiger partial charge in [-0.1, -0.05) is 31.5 Å². The number of rotatable bonds is 3. The van der Waals surface area contributed by atoms with Gasteiger partial charge in [0.05, 0.1) is 0 Å². The normalized spacial score (nSPS) is 10.8. The second-order valence-corrected chi connectivity index (χ2v) is 5.19. The van der Waals surface area contributed by atoms with Crippen LogP contribution in [0.1, 0.15) is 25.1 Å². The van der Waals surface area contributed by atoms with E-state index in [0.717, 1.165) is 11.4 Å². The van der Waals surface area contributed by atoms with Crippen LogP contribution < -0.4 is 0 Å². The Morgan fingerprint density at radius 2 is 2.15 bits per heavy atom. The zero-order chi connectivity index (χ0) is 9.84. The highest BCUT2D eigenvalue weighted by atomic mass is 35.5. The van der Waals surface area contributed by atoms with Gasteiger partial charge in [0.15, 0.2) is 0 Å². The van der Waals surface area contributed by atoms with Crippen molar-refractivity contribution in [2.75, 3.05) is 0 Å². The summed E-state index contributed by atoms with van der Waals surface area (Å²) >= 11 is 7.68. The number of hydrogen-bond donors (Lipinski definition) is 0. The molecule has 1 rings (SSSR count). The minimum atomic E-state index is 0.579. The van der Waals surface area contributed by atoms with Crippen molar-refractivity contribution in [2.45, 2.75) is 31.8 Å². The average molecular weight is 216 g/mol. The molecule has 1 aromatic rings. The zero-order valence-electron chi connectivity index (χ0n) is 8.17. The Kier molecular flexibility index (Phi) is 4.07. The van der Waals surface area contributed by atoms with Gasteiger partial charge in [-0.3, -0.25) is 0 Å². The van der Waals surface area contributed by atoms with E-state index < -0.39 is 0 Å². The number of pyridine rings is 1. The minimum Gasteiger partial charge on any atom is -0.241 e. The highest BCUT2D eigenvalue weighted by Crippen LogP contribution is 2.20. The van der Waals surface area contributed by atoms with Crippen molar-refractivity contribution >= 4 is 23.4 Å². The van der Waals surface area contributed by atoms with Gasteiger partial charge in [-0.05, 0) is 23.8 Å². The van der Waals surface area contributed by atoms with E-state index in [2.05, 4.69) is 24.9 Å². The van der Waals surface area contributed by atoms with E-state index in [-0.39, 0.29) is 0 Å². The van der Waals surface area contributed by atoms with Gasteiger partial charge in [0, 0.05) is 11.4 Å². The number of thioether (sulfide) groups is 1. The molecule has 0 bridgehead atoms. The first kappa shape index (κ1) is 10.9. The van der Waals surface area contributed by atoms with Crippen LogP contribution in [0.4, 0.5) is 0 Å². The van der Waals surface area contributed by atoms with E-state index in [0.29, 0.717) is 10.4 Å². The van der Waals surface area contributed by atoms with E-state index >= 15 is 0 Å². The van der Waals surface area contributed by atoms with Crippen LogP contribution in [0.25, 0.3) is 0 Å². The molecule has 0 atom stereocenters. The summed E-state index contributed by atoms with van der Waals surface area (Å²) < 4.78 is 0. The molecule has 1 nitrogen and oxygen atoms in total. The first-order valence-corrected chi connectivity index (χ1v) is 5.76. The molecule has 13 heavy (non-hydrogen) atoms. The smallest absolute Gasteiger partial charge is 0.129 e. The molecule has 0 aliphatic rings. The monoisotopic (exact) mass is 215 g/mol. The van der Waals surface area contributed by atoms with Gasteiger partial charge in [-0.15, -0.1) is 0 Å². The molecule has 1 heterocycles. The number of nitrogens with zero attached hydrogens (tertiary/aromatic N) is 1. The van der Waals surface area contributed by atoms with Gasteiger partial charge in [0.1, 0.15) is 5.15 Å². The van der Waals surface area contributed by atoms with Crippen LogP contribution in [0.15, 0.2) is 12.1 Å². The maximum absolute atomic E-state index is 5.76. The molecule has 0 aliphatic carbocycles. The lowest BCUT2D eigenvalue weighted by molar-refractivity contribution is 1.09. The van der Waals surface area contributed by atoms with Crippen molar-refractivity contribution in [2.24, 2.45) is 0 Å². The van der Waals surface area contributed by atoms with E-state index in [9.17, 15) is 0 Å². The molecular formula is C10H14ClNS. The molecule has 0 N–H and O–H groups in total. The van der Waals surface area contributed by atoms with Crippen LogP contribution in [0.5, 0.6) is 0 Å². The van der Waals surface area contributed by atoms with E-state index in [1.54, 1.807) is 0 Å². The first-order valence-electron chi connectivity index (χ1n) is 4.33. The third-order valence-corrected chi connectivity index (χ3v) is 3.09. The molecule has 1 aromatic heterocycles. The van der Waals surface area contributed by atoms with Gasteiger partial charge in [0.25, 0.3) is 0 Å². The predicted octanol–water partition coefficient (Wildman–Crippen LogP) is 3.69. The Morgan fingerprint density at radius 1 is 1.46 bits per heavy atom. The second-order valence-electron chi connectivity index (χ2n) is 3.24. The van der Waals surface area contributed by atoms with Crippen LogP contribution in [0.3, 0.4) is 0 Å². The van der Waals surface area contributed by atoms with Gasteiger partial charge in [-0.25, -0.2) is 4.98 Å². The standard InChI is InChI=1S/C10H14ClNS/c1-7(2)13-6-9-4-5-10(11)12-8(9)3/h4-5,7H,6H2,1-3H3. The van der Waals surface area contributed by atoms with Crippen molar-refractivity contribution in [1.29, 1.82) is 0 Å². The highest BCUT2D eigenvalue weighted by molar-refractivity contribution is 7.99. The Labute approximate surface area is 88.9 Å². The molecule has 3 heteroatoms. The first-order chi connectivity index (χ1) is 6.09. The van der Waals surface area contributed by atoms with E-state index in [1.165, 1.54) is 5.56 Å². The topological polar surface area (TPSA) is 12.9 Å². The Bertz CT molecular complexity index is 286. The number of halogens is 1. The summed E-state index contributed by atoms with van der Waals surface area (Å²) in [6.07, 6.45) is 0. The van der Waals surface area contributed by atoms with Crippen LogP contribution in [-0.4, -0.2) is 10.2 Å². The van der Waals surface area contributed by atoms with E-state index in [4.69, 9.17) is 11.6 Å². The summed E-state index contributed by atoms with van der Waals surface area (Å²) in [5.74, 6) is 1.02. The molecular weight excluding hydrogens is 202 g/mol. The largest absolute Gasteiger partial charge is 0.241 e. The van der Waals surface area contributed by atoms with Crippen molar-refractivity contribution in [3.05, 3.63) is 28.5 Å². The summed E-state index contributed by atoms with van der Waals surface area (Å²) in [6.45, 7) is 6.40. The Morgan fingerprint density at radius 3 is 2.69 bits per heavy atom. The highest BCUT2D eigenvalue weighted by Gasteiger charge is 2.02. The van der Waals surface area contributed by atoms with Crippen LogP contribution in [-0.2, 0) is 5.75 Å². The third-order valence-electron chi connectivity index (χ3n) is 1.73. The zero-order valence-corrected chi connectivity index (χ0v) is 9.75. The van der Waals surface area contributed by atoms with Crippen molar-refractivity contribution in [1.82, 2.24) is 4.98 Å². The third kappa shape index (κ3) is 3.57. The Hall–Kier alpha value is -0.210. The van der Waals surface area contributed by atoms with Gasteiger partial charge in [-0.2, -0.15) is 11.8 Å². The van der Waals surface area contributed by atoms with Crippen molar-refractivity contribution in [3.8, 4) is 0 Å². The summed E-state index contributed by atoms with van der Waals surface area (Å²) in [7, 11) is 0. The Balaban J connectivity index is 2.67. The molecule has 0 aromatic carbocycles. The van der Waals surface area contributed by atoms with Crippen molar-refractivity contribution in [3.63, 3.8) is 0 Å². The van der Waals surface area contributed by atoms with E-state index in [1.807, 2.05) is 24.8 Å². The van der Waals surface area contributed by atoms with Crippen LogP contribution >= 0.6 is 23.4 Å². The average Bonchev–Trinajstić information content (AvgIpc) is 2.02. The molecule has 0 aliphatic heterocycles. The van der Waals surface area contributed by atoms with Gasteiger partial charge < -0.3 is 0 Å². The lowest BCUT2D eigenvalue weighted by Crippen LogP contribution is -1.93. The summed E-state index contributed by atoms with van der Waals surface area (Å²) in [4.78, 5) is 4.20. The number of hydrogen-bond acceptors (Lipinski definition) is 2. The molecule has 0 unspecified atom stereocenters. The fourth-order valence-corrected chi connectivity index (χ4v) is 1.98. The molecule has 0 saturated heterocycles. The summed E-state index contributed by atoms with van der Waals surface area (Å²) in [5, 5.41) is 1.24. The minimum absolute atomic E-state index is 0.579. The molecule has 72 valence electrons. The second kappa shape index (κ2) is 4.87. The molecule has 0 spiro atoms. The fraction of sp³-hybridized carbons (Fsp3) is 0.500. The summed E-state index contributed by atoms with van der Waals surface area (Å²) in [6, 6.07) is 3.91. The number of aromatic nitrogens is 1. The molecule has 0 radical (unpaired) electrons. The van der Waals surface area contributed by atoms with Crippen molar-refractivity contribution < 1.29 is 0 Å². The lowest BCUT2D eigenvalue weighted by Gasteiger charge is -2.07. The molecule has 0 fully saturated rings. The quantitative estimate of drug-likeness (QED) is 0.714. The maximum Gasteiger partial charge on any atom is 0.129 e. The molecule has 0 amide bonds. The fourth-order valence-electron chi connectivity index (χ4n) is 0.968. The molecule has 0 saturated carbocycles. The van der Waals surface area contributed by atoms with Gasteiger partial charge >= 0.3 is 0 Å². The SMILES string of the molecule is Cc1nc(Cl)ccc1CSC(C)C. The summed E-state index contributed by atoms with van der Waals surface area (Å²) in [5.41, 5.74) is 2.32. The van der Waals surface area contributed by atoms with Gasteiger partial charge in [0.2, 0.25) is 0 Å². The van der Waals surface area contributed by atoms with Crippen LogP contribution in [0.2, 0.25) is 5.15 Å².